The Morgan fingerprint density at radius 1 is 1.33 bits per heavy atom. The lowest BCUT2D eigenvalue weighted by molar-refractivity contribution is 0.0697. The zero-order valence-electron chi connectivity index (χ0n) is 10.3. The summed E-state index contributed by atoms with van der Waals surface area (Å²) >= 11 is 0. The lowest BCUT2D eigenvalue weighted by atomic mass is 9.89. The molecule has 0 amide bonds. The number of carboxylic acids is 1. The summed E-state index contributed by atoms with van der Waals surface area (Å²) in [5, 5.41) is 11.9. The molecule has 0 aromatic heterocycles. The summed E-state index contributed by atoms with van der Waals surface area (Å²) in [5.74, 6) is -0.849. The molecule has 0 bridgehead atoms. The first-order valence-electron chi connectivity index (χ1n) is 6.43. The SMILES string of the molecule is O=C(O)c1ccc(F)c(NCC2CCCCC2)c1. The third-order valence-electron chi connectivity index (χ3n) is 3.52. The standard InChI is InChI=1S/C14H18FNO2/c15-12-7-6-11(14(17)18)8-13(12)16-9-10-4-2-1-3-5-10/h6-8,10,16H,1-5,9H2,(H,17,18). The van der Waals surface area contributed by atoms with Gasteiger partial charge < -0.3 is 10.4 Å². The van der Waals surface area contributed by atoms with Crippen LogP contribution in [0.4, 0.5) is 10.1 Å². The predicted octanol–water partition coefficient (Wildman–Crippen LogP) is 3.52. The van der Waals surface area contributed by atoms with E-state index in [1.165, 1.54) is 50.3 Å². The Morgan fingerprint density at radius 2 is 2.06 bits per heavy atom. The van der Waals surface area contributed by atoms with E-state index in [4.69, 9.17) is 5.11 Å². The highest BCUT2D eigenvalue weighted by atomic mass is 19.1. The van der Waals surface area contributed by atoms with Gasteiger partial charge in [-0.15, -0.1) is 0 Å². The molecule has 2 rings (SSSR count). The van der Waals surface area contributed by atoms with E-state index in [2.05, 4.69) is 5.32 Å². The van der Waals surface area contributed by atoms with E-state index in [-0.39, 0.29) is 5.56 Å². The van der Waals surface area contributed by atoms with Crippen molar-refractivity contribution >= 4 is 11.7 Å². The molecular weight excluding hydrogens is 233 g/mol. The molecule has 18 heavy (non-hydrogen) atoms. The molecule has 1 aliphatic carbocycles. The summed E-state index contributed by atoms with van der Waals surface area (Å²) < 4.78 is 13.5. The van der Waals surface area contributed by atoms with Crippen LogP contribution < -0.4 is 5.32 Å². The summed E-state index contributed by atoms with van der Waals surface area (Å²) in [6.07, 6.45) is 6.12. The van der Waals surface area contributed by atoms with Crippen LogP contribution in [-0.2, 0) is 0 Å². The van der Waals surface area contributed by atoms with Gasteiger partial charge in [-0.25, -0.2) is 9.18 Å². The minimum absolute atomic E-state index is 0.113. The number of hydrogen-bond acceptors (Lipinski definition) is 2. The maximum absolute atomic E-state index is 13.5. The zero-order valence-corrected chi connectivity index (χ0v) is 10.3. The first-order chi connectivity index (χ1) is 8.66. The van der Waals surface area contributed by atoms with Gasteiger partial charge in [0.2, 0.25) is 0 Å². The van der Waals surface area contributed by atoms with E-state index >= 15 is 0 Å². The molecule has 1 fully saturated rings. The fourth-order valence-corrected chi connectivity index (χ4v) is 2.44. The van der Waals surface area contributed by atoms with Crippen molar-refractivity contribution in [3.8, 4) is 0 Å². The van der Waals surface area contributed by atoms with Gasteiger partial charge in [-0.3, -0.25) is 0 Å². The topological polar surface area (TPSA) is 49.3 Å². The molecular formula is C14H18FNO2. The average molecular weight is 251 g/mol. The van der Waals surface area contributed by atoms with Gasteiger partial charge in [-0.2, -0.15) is 0 Å². The van der Waals surface area contributed by atoms with E-state index in [0.717, 1.165) is 6.54 Å². The van der Waals surface area contributed by atoms with Crippen molar-refractivity contribution in [1.29, 1.82) is 0 Å². The van der Waals surface area contributed by atoms with Crippen LogP contribution in [0.2, 0.25) is 0 Å². The third kappa shape index (κ3) is 3.22. The second kappa shape index (κ2) is 5.85. The maximum atomic E-state index is 13.5. The molecule has 0 atom stereocenters. The highest BCUT2D eigenvalue weighted by Crippen LogP contribution is 2.24. The van der Waals surface area contributed by atoms with Crippen LogP contribution in [0, 0.1) is 11.7 Å². The fraction of sp³-hybridized carbons (Fsp3) is 0.500. The molecule has 98 valence electrons. The molecule has 1 aliphatic rings. The molecule has 1 saturated carbocycles. The van der Waals surface area contributed by atoms with Crippen LogP contribution in [0.1, 0.15) is 42.5 Å². The van der Waals surface area contributed by atoms with E-state index in [1.807, 2.05) is 0 Å². The van der Waals surface area contributed by atoms with Crippen LogP contribution in [-0.4, -0.2) is 17.6 Å². The molecule has 1 aromatic carbocycles. The second-order valence-corrected chi connectivity index (χ2v) is 4.88. The van der Waals surface area contributed by atoms with Gasteiger partial charge in [-0.05, 0) is 37.0 Å². The first-order valence-corrected chi connectivity index (χ1v) is 6.43. The molecule has 0 radical (unpaired) electrons. The Morgan fingerprint density at radius 3 is 2.72 bits per heavy atom. The Balaban J connectivity index is 1.99. The number of halogens is 1. The monoisotopic (exact) mass is 251 g/mol. The predicted molar refractivity (Wildman–Crippen MR) is 68.4 cm³/mol. The smallest absolute Gasteiger partial charge is 0.335 e. The van der Waals surface area contributed by atoms with Gasteiger partial charge in [0, 0.05) is 6.54 Å². The van der Waals surface area contributed by atoms with Gasteiger partial charge >= 0.3 is 5.97 Å². The highest BCUT2D eigenvalue weighted by Gasteiger charge is 2.14. The van der Waals surface area contributed by atoms with Crippen molar-refractivity contribution in [2.24, 2.45) is 5.92 Å². The summed E-state index contributed by atoms with van der Waals surface area (Å²) in [6, 6.07) is 3.84. The van der Waals surface area contributed by atoms with Gasteiger partial charge in [-0.1, -0.05) is 19.3 Å². The molecule has 1 aromatic rings. The number of anilines is 1. The van der Waals surface area contributed by atoms with Crippen LogP contribution in [0.25, 0.3) is 0 Å². The van der Waals surface area contributed by atoms with E-state index in [9.17, 15) is 9.18 Å². The van der Waals surface area contributed by atoms with Crippen molar-refractivity contribution in [2.75, 3.05) is 11.9 Å². The normalized spacial score (nSPS) is 16.5. The van der Waals surface area contributed by atoms with Crippen LogP contribution in [0.5, 0.6) is 0 Å². The molecule has 4 heteroatoms. The summed E-state index contributed by atoms with van der Waals surface area (Å²) in [4.78, 5) is 10.8. The minimum atomic E-state index is -1.03. The number of hydrogen-bond donors (Lipinski definition) is 2. The van der Waals surface area contributed by atoms with Crippen LogP contribution >= 0.6 is 0 Å². The van der Waals surface area contributed by atoms with E-state index < -0.39 is 11.8 Å². The molecule has 0 spiro atoms. The van der Waals surface area contributed by atoms with Crippen molar-refractivity contribution in [2.45, 2.75) is 32.1 Å². The molecule has 0 saturated heterocycles. The van der Waals surface area contributed by atoms with Gasteiger partial charge in [0.05, 0.1) is 11.3 Å². The molecule has 3 nitrogen and oxygen atoms in total. The maximum Gasteiger partial charge on any atom is 0.335 e. The van der Waals surface area contributed by atoms with Crippen LogP contribution in [0.3, 0.4) is 0 Å². The number of rotatable bonds is 4. The molecule has 0 aliphatic heterocycles. The molecule has 0 heterocycles. The summed E-state index contributed by atoms with van der Waals surface area (Å²) in [6.45, 7) is 0.722. The van der Waals surface area contributed by atoms with Crippen molar-refractivity contribution in [1.82, 2.24) is 0 Å². The lowest BCUT2D eigenvalue weighted by Crippen LogP contribution is -2.17. The first kappa shape index (κ1) is 12.9. The number of carbonyl (C=O) groups is 1. The van der Waals surface area contributed by atoms with Gasteiger partial charge in [0.1, 0.15) is 5.82 Å². The Hall–Kier alpha value is -1.58. The number of nitrogens with one attached hydrogen (secondary N) is 1. The number of carboxylic acid groups (broad SMARTS) is 1. The highest BCUT2D eigenvalue weighted by molar-refractivity contribution is 5.88. The zero-order chi connectivity index (χ0) is 13.0. The van der Waals surface area contributed by atoms with Crippen molar-refractivity contribution in [3.05, 3.63) is 29.6 Å². The Bertz CT molecular complexity index is 428. The number of aromatic carboxylic acids is 1. The molecule has 0 unspecified atom stereocenters. The Kier molecular flexibility index (Phi) is 4.18. The van der Waals surface area contributed by atoms with E-state index in [0.29, 0.717) is 11.6 Å². The number of benzene rings is 1. The fourth-order valence-electron chi connectivity index (χ4n) is 2.44. The van der Waals surface area contributed by atoms with Crippen molar-refractivity contribution < 1.29 is 14.3 Å². The molecule has 2 N–H and O–H groups in total. The van der Waals surface area contributed by atoms with Gasteiger partial charge in [0.15, 0.2) is 0 Å². The summed E-state index contributed by atoms with van der Waals surface area (Å²) in [5.41, 5.74) is 0.406. The van der Waals surface area contributed by atoms with Crippen LogP contribution in [0.15, 0.2) is 18.2 Å². The van der Waals surface area contributed by atoms with Gasteiger partial charge in [0.25, 0.3) is 0 Å². The lowest BCUT2D eigenvalue weighted by Gasteiger charge is -2.22. The van der Waals surface area contributed by atoms with Crippen molar-refractivity contribution in [3.63, 3.8) is 0 Å². The third-order valence-corrected chi connectivity index (χ3v) is 3.52. The largest absolute Gasteiger partial charge is 0.478 e. The Labute approximate surface area is 106 Å². The van der Waals surface area contributed by atoms with E-state index in [1.54, 1.807) is 0 Å². The minimum Gasteiger partial charge on any atom is -0.478 e. The average Bonchev–Trinajstić information content (AvgIpc) is 2.38. The quantitative estimate of drug-likeness (QED) is 0.860. The second-order valence-electron chi connectivity index (χ2n) is 4.88. The summed E-state index contributed by atoms with van der Waals surface area (Å²) in [7, 11) is 0.